The highest BCUT2D eigenvalue weighted by atomic mass is 35.5. The van der Waals surface area contributed by atoms with Gasteiger partial charge >= 0.3 is 0 Å². The molecule has 0 fully saturated rings. The zero-order valence-electron chi connectivity index (χ0n) is 18.3. The summed E-state index contributed by atoms with van der Waals surface area (Å²) in [5.74, 6) is -0.308. The summed E-state index contributed by atoms with van der Waals surface area (Å²) >= 11 is 11.3. The molecule has 0 aliphatic rings. The van der Waals surface area contributed by atoms with Crippen LogP contribution in [0.25, 0.3) is 10.9 Å². The molecule has 0 aliphatic heterocycles. The maximum absolute atomic E-state index is 13.0. The fraction of sp³-hybridized carbons (Fsp3) is 0.125. The first kappa shape index (κ1) is 24.8. The summed E-state index contributed by atoms with van der Waals surface area (Å²) in [6.45, 7) is 0.631. The Balaban J connectivity index is 1.47. The Labute approximate surface area is 211 Å². The molecule has 0 atom stereocenters. The van der Waals surface area contributed by atoms with Crippen LogP contribution in [0.15, 0.2) is 76.4 Å². The number of rotatable bonds is 7. The number of halogens is 1. The van der Waals surface area contributed by atoms with Crippen molar-refractivity contribution < 1.29 is 13.2 Å². The molecule has 4 rings (SSSR count). The molecule has 0 unspecified atom stereocenters. The van der Waals surface area contributed by atoms with Gasteiger partial charge in [0.05, 0.1) is 22.3 Å². The lowest BCUT2D eigenvalue weighted by molar-refractivity contribution is 0.0954. The van der Waals surface area contributed by atoms with Gasteiger partial charge in [-0.3, -0.25) is 14.2 Å². The van der Waals surface area contributed by atoms with E-state index < -0.39 is 10.0 Å². The van der Waals surface area contributed by atoms with Crippen LogP contribution in [-0.2, 0) is 23.0 Å². The minimum atomic E-state index is -3.74. The van der Waals surface area contributed by atoms with Crippen molar-refractivity contribution in [3.8, 4) is 0 Å². The van der Waals surface area contributed by atoms with Crippen LogP contribution in [0.4, 0.5) is 0 Å². The fourth-order valence-corrected chi connectivity index (χ4v) is 4.48. The number of hydrogen-bond donors (Lipinski definition) is 3. The minimum Gasteiger partial charge on any atom is -0.352 e. The lowest BCUT2D eigenvalue weighted by Gasteiger charge is -2.10. The molecule has 1 amide bonds. The highest BCUT2D eigenvalue weighted by Gasteiger charge is 2.11. The summed E-state index contributed by atoms with van der Waals surface area (Å²) < 4.78 is 24.4. The molecular weight excluding hydrogens is 508 g/mol. The van der Waals surface area contributed by atoms with Crippen molar-refractivity contribution in [2.75, 3.05) is 6.54 Å². The molecule has 0 radical (unpaired) electrons. The van der Waals surface area contributed by atoms with Gasteiger partial charge in [-0.15, -0.1) is 0 Å². The topological polar surface area (TPSA) is 127 Å². The first-order chi connectivity index (χ1) is 16.6. The molecule has 8 nitrogen and oxygen atoms in total. The molecule has 0 aliphatic carbocycles. The van der Waals surface area contributed by atoms with Crippen molar-refractivity contribution in [2.45, 2.75) is 17.9 Å². The van der Waals surface area contributed by atoms with Gasteiger partial charge in [-0.05, 0) is 72.2 Å². The van der Waals surface area contributed by atoms with Gasteiger partial charge < -0.3 is 10.3 Å². The van der Waals surface area contributed by atoms with E-state index in [1.807, 2.05) is 12.1 Å². The number of amides is 1. The Morgan fingerprint density at radius 2 is 1.69 bits per heavy atom. The van der Waals surface area contributed by atoms with E-state index >= 15 is 0 Å². The number of fused-ring (bicyclic) bond motifs is 1. The lowest BCUT2D eigenvalue weighted by Crippen LogP contribution is -2.26. The molecule has 11 heteroatoms. The van der Waals surface area contributed by atoms with E-state index in [0.29, 0.717) is 41.0 Å². The number of sulfonamides is 1. The van der Waals surface area contributed by atoms with Gasteiger partial charge in [-0.1, -0.05) is 35.9 Å². The molecule has 4 aromatic rings. The second kappa shape index (κ2) is 10.1. The zero-order chi connectivity index (χ0) is 25.2. The Morgan fingerprint density at radius 1 is 1.03 bits per heavy atom. The number of aromatic amines is 1. The number of nitrogens with two attached hydrogens (primary N) is 1. The largest absolute Gasteiger partial charge is 0.352 e. The lowest BCUT2D eigenvalue weighted by atomic mass is 10.1. The van der Waals surface area contributed by atoms with Gasteiger partial charge in [0.2, 0.25) is 10.0 Å². The second-order valence-electron chi connectivity index (χ2n) is 7.90. The van der Waals surface area contributed by atoms with E-state index in [9.17, 15) is 18.0 Å². The van der Waals surface area contributed by atoms with Gasteiger partial charge in [-0.25, -0.2) is 13.6 Å². The van der Waals surface area contributed by atoms with Crippen LogP contribution in [0.2, 0.25) is 5.02 Å². The van der Waals surface area contributed by atoms with E-state index in [1.165, 1.54) is 16.7 Å². The number of carbonyl (C=O) groups is 1. The van der Waals surface area contributed by atoms with Crippen molar-refractivity contribution in [3.63, 3.8) is 0 Å². The summed E-state index contributed by atoms with van der Waals surface area (Å²) in [5.41, 5.74) is 2.32. The Kier molecular flexibility index (Phi) is 7.18. The number of nitrogens with zero attached hydrogens (tertiary/aromatic N) is 1. The number of H-pyrrole nitrogens is 1. The standard InChI is InChI=1S/C24H21ClN4O4S2/c25-18-6-1-16(2-7-18)14-29-23(31)20-10-5-17(13-21(20)28-24(29)34)22(30)27-12-11-15-3-8-19(9-4-15)35(26,32)33/h1-10,13H,11-12,14H2,(H,27,30)(H,28,34)(H2,26,32,33). The first-order valence-electron chi connectivity index (χ1n) is 10.5. The average Bonchev–Trinajstić information content (AvgIpc) is 2.82. The fourth-order valence-electron chi connectivity index (χ4n) is 3.58. The van der Waals surface area contributed by atoms with Gasteiger partial charge in [-0.2, -0.15) is 0 Å². The highest BCUT2D eigenvalue weighted by molar-refractivity contribution is 7.89. The van der Waals surface area contributed by atoms with E-state index in [1.54, 1.807) is 42.5 Å². The van der Waals surface area contributed by atoms with Crippen molar-refractivity contribution in [1.82, 2.24) is 14.9 Å². The highest BCUT2D eigenvalue weighted by Crippen LogP contribution is 2.14. The quantitative estimate of drug-likeness (QED) is 0.317. The molecule has 180 valence electrons. The van der Waals surface area contributed by atoms with E-state index in [4.69, 9.17) is 29.0 Å². The number of carbonyl (C=O) groups excluding carboxylic acids is 1. The van der Waals surface area contributed by atoms with Crippen LogP contribution in [0.5, 0.6) is 0 Å². The average molecular weight is 529 g/mol. The van der Waals surface area contributed by atoms with E-state index in [-0.39, 0.29) is 21.1 Å². The maximum atomic E-state index is 13.0. The first-order valence-corrected chi connectivity index (χ1v) is 12.9. The summed E-state index contributed by atoms with van der Waals surface area (Å²) in [4.78, 5) is 28.7. The zero-order valence-corrected chi connectivity index (χ0v) is 20.7. The molecule has 1 aromatic heterocycles. The molecule has 0 spiro atoms. The van der Waals surface area contributed by atoms with Gasteiger partial charge in [0.15, 0.2) is 4.77 Å². The maximum Gasteiger partial charge on any atom is 0.262 e. The molecule has 3 aromatic carbocycles. The molecule has 35 heavy (non-hydrogen) atoms. The van der Waals surface area contributed by atoms with E-state index in [0.717, 1.165) is 11.1 Å². The van der Waals surface area contributed by atoms with Gasteiger partial charge in [0.25, 0.3) is 11.5 Å². The van der Waals surface area contributed by atoms with Crippen LogP contribution < -0.4 is 16.0 Å². The van der Waals surface area contributed by atoms with E-state index in [2.05, 4.69) is 10.3 Å². The van der Waals surface area contributed by atoms with Crippen LogP contribution in [0.3, 0.4) is 0 Å². The van der Waals surface area contributed by atoms with Crippen molar-refractivity contribution >= 4 is 50.7 Å². The SMILES string of the molecule is NS(=O)(=O)c1ccc(CCNC(=O)c2ccc3c(=O)n(Cc4ccc(Cl)cc4)c(=S)[nH]c3c2)cc1. The summed E-state index contributed by atoms with van der Waals surface area (Å²) in [5, 5.41) is 8.94. The Bertz CT molecular complexity index is 1630. The normalized spacial score (nSPS) is 11.5. The van der Waals surface area contributed by atoms with Gasteiger partial charge in [0.1, 0.15) is 0 Å². The third-order valence-electron chi connectivity index (χ3n) is 5.45. The number of benzene rings is 3. The number of hydrogen-bond acceptors (Lipinski definition) is 5. The third-order valence-corrected chi connectivity index (χ3v) is 6.95. The third kappa shape index (κ3) is 5.85. The predicted molar refractivity (Wildman–Crippen MR) is 138 cm³/mol. The van der Waals surface area contributed by atoms with Gasteiger partial charge in [0, 0.05) is 17.1 Å². The predicted octanol–water partition coefficient (Wildman–Crippen LogP) is 3.38. The molecular formula is C24H21ClN4O4S2. The summed E-state index contributed by atoms with van der Waals surface area (Å²) in [6, 6.07) is 18.1. The monoisotopic (exact) mass is 528 g/mol. The van der Waals surface area contributed by atoms with Crippen LogP contribution in [0, 0.1) is 4.77 Å². The number of aromatic nitrogens is 2. The second-order valence-corrected chi connectivity index (χ2v) is 10.3. The molecule has 1 heterocycles. The molecule has 0 bridgehead atoms. The Morgan fingerprint density at radius 3 is 2.34 bits per heavy atom. The summed E-state index contributed by atoms with van der Waals surface area (Å²) in [7, 11) is -3.74. The van der Waals surface area contributed by atoms with Crippen molar-refractivity contribution in [2.24, 2.45) is 5.14 Å². The molecule has 0 saturated heterocycles. The number of primary sulfonamides is 1. The van der Waals surface area contributed by atoms with Crippen molar-refractivity contribution in [3.05, 3.63) is 104 Å². The Hall–Kier alpha value is -3.31. The number of nitrogens with one attached hydrogen (secondary N) is 2. The van der Waals surface area contributed by atoms with Crippen molar-refractivity contribution in [1.29, 1.82) is 0 Å². The smallest absolute Gasteiger partial charge is 0.262 e. The molecule has 4 N–H and O–H groups in total. The molecule has 0 saturated carbocycles. The van der Waals surface area contributed by atoms with Crippen LogP contribution >= 0.6 is 23.8 Å². The minimum absolute atomic E-state index is 0.0334. The van der Waals surface area contributed by atoms with Crippen LogP contribution in [-0.4, -0.2) is 30.4 Å². The van der Waals surface area contributed by atoms with Crippen LogP contribution in [0.1, 0.15) is 21.5 Å². The summed E-state index contributed by atoms with van der Waals surface area (Å²) in [6.07, 6.45) is 0.502.